The van der Waals surface area contributed by atoms with Gasteiger partial charge in [0.1, 0.15) is 0 Å². The molecule has 0 aliphatic carbocycles. The molecular weight excluding hydrogens is 343 g/mol. The Labute approximate surface area is 120 Å². The summed E-state index contributed by atoms with van der Waals surface area (Å²) in [6.07, 6.45) is 0. The van der Waals surface area contributed by atoms with E-state index >= 15 is 0 Å². The molecule has 1 aromatic rings. The van der Waals surface area contributed by atoms with E-state index in [9.17, 15) is 9.59 Å². The Morgan fingerprint density at radius 2 is 1.50 bits per heavy atom. The average molecular weight is 358 g/mol. The molecule has 0 bridgehead atoms. The van der Waals surface area contributed by atoms with Crippen molar-refractivity contribution in [3.63, 3.8) is 0 Å². The summed E-state index contributed by atoms with van der Waals surface area (Å²) < 4.78 is 1.12. The number of hydrogen-bond donors (Lipinski definition) is 0. The standard InChI is InChI=1S/C13H15IN2O2/c1-10(17)15-6-8-16(9-7-15)13(18)11-2-4-12(14)5-3-11/h2-5H,6-9H2,1H3. The van der Waals surface area contributed by atoms with Crippen molar-refractivity contribution in [2.24, 2.45) is 0 Å². The summed E-state index contributed by atoms with van der Waals surface area (Å²) in [4.78, 5) is 27.0. The van der Waals surface area contributed by atoms with Crippen LogP contribution < -0.4 is 0 Å². The lowest BCUT2D eigenvalue weighted by Gasteiger charge is -2.34. The number of rotatable bonds is 1. The first kappa shape index (κ1) is 13.3. The summed E-state index contributed by atoms with van der Waals surface area (Å²) in [5.41, 5.74) is 0.715. The molecule has 0 unspecified atom stereocenters. The van der Waals surface area contributed by atoms with Crippen molar-refractivity contribution in [1.29, 1.82) is 0 Å². The zero-order valence-electron chi connectivity index (χ0n) is 10.2. The number of piperazine rings is 1. The highest BCUT2D eigenvalue weighted by Crippen LogP contribution is 2.11. The normalized spacial score (nSPS) is 15.7. The van der Waals surface area contributed by atoms with Crippen molar-refractivity contribution in [3.8, 4) is 0 Å². The number of nitrogens with zero attached hydrogens (tertiary/aromatic N) is 2. The van der Waals surface area contributed by atoms with E-state index in [0.29, 0.717) is 31.7 Å². The molecule has 96 valence electrons. The molecule has 0 atom stereocenters. The van der Waals surface area contributed by atoms with Gasteiger partial charge in [-0.05, 0) is 46.9 Å². The first-order valence-corrected chi connectivity index (χ1v) is 6.96. The number of carbonyl (C=O) groups is 2. The average Bonchev–Trinajstić information content (AvgIpc) is 2.39. The minimum atomic E-state index is 0.0506. The Morgan fingerprint density at radius 1 is 1.00 bits per heavy atom. The van der Waals surface area contributed by atoms with Gasteiger partial charge >= 0.3 is 0 Å². The van der Waals surface area contributed by atoms with E-state index in [4.69, 9.17) is 0 Å². The van der Waals surface area contributed by atoms with Crippen LogP contribution in [-0.2, 0) is 4.79 Å². The predicted molar refractivity (Wildman–Crippen MR) is 77.3 cm³/mol. The second-order valence-electron chi connectivity index (χ2n) is 4.31. The van der Waals surface area contributed by atoms with E-state index in [-0.39, 0.29) is 11.8 Å². The van der Waals surface area contributed by atoms with Crippen molar-refractivity contribution in [3.05, 3.63) is 33.4 Å². The van der Waals surface area contributed by atoms with Gasteiger partial charge in [-0.3, -0.25) is 9.59 Å². The highest BCUT2D eigenvalue weighted by Gasteiger charge is 2.22. The van der Waals surface area contributed by atoms with Gasteiger partial charge in [0.2, 0.25) is 5.91 Å². The number of halogens is 1. The van der Waals surface area contributed by atoms with Gasteiger partial charge in [-0.25, -0.2) is 0 Å². The Bertz CT molecular complexity index is 451. The van der Waals surface area contributed by atoms with Crippen LogP contribution in [0.2, 0.25) is 0 Å². The third-order valence-corrected chi connectivity index (χ3v) is 3.82. The molecule has 1 aromatic carbocycles. The van der Waals surface area contributed by atoms with E-state index < -0.39 is 0 Å². The second kappa shape index (κ2) is 5.69. The fourth-order valence-electron chi connectivity index (χ4n) is 2.00. The van der Waals surface area contributed by atoms with Crippen LogP contribution in [0.1, 0.15) is 17.3 Å². The maximum atomic E-state index is 12.2. The van der Waals surface area contributed by atoms with E-state index in [1.165, 1.54) is 0 Å². The van der Waals surface area contributed by atoms with Gasteiger partial charge in [0.05, 0.1) is 0 Å². The summed E-state index contributed by atoms with van der Waals surface area (Å²) in [6.45, 7) is 4.06. The van der Waals surface area contributed by atoms with Gasteiger partial charge in [0, 0.05) is 42.2 Å². The quantitative estimate of drug-likeness (QED) is 0.716. The molecule has 1 aliphatic rings. The van der Waals surface area contributed by atoms with Crippen molar-refractivity contribution in [1.82, 2.24) is 9.80 Å². The Balaban J connectivity index is 1.99. The molecule has 0 spiro atoms. The smallest absolute Gasteiger partial charge is 0.253 e. The van der Waals surface area contributed by atoms with E-state index in [2.05, 4.69) is 22.6 Å². The van der Waals surface area contributed by atoms with Crippen LogP contribution in [0.5, 0.6) is 0 Å². The lowest BCUT2D eigenvalue weighted by atomic mass is 10.2. The van der Waals surface area contributed by atoms with E-state index in [1.807, 2.05) is 29.2 Å². The van der Waals surface area contributed by atoms with Crippen molar-refractivity contribution >= 4 is 34.4 Å². The molecule has 1 heterocycles. The van der Waals surface area contributed by atoms with Crippen LogP contribution in [0.15, 0.2) is 24.3 Å². The number of carbonyl (C=O) groups excluding carboxylic acids is 2. The highest BCUT2D eigenvalue weighted by molar-refractivity contribution is 14.1. The first-order chi connectivity index (χ1) is 8.58. The maximum Gasteiger partial charge on any atom is 0.253 e. The third kappa shape index (κ3) is 3.01. The maximum absolute atomic E-state index is 12.2. The largest absolute Gasteiger partial charge is 0.339 e. The zero-order chi connectivity index (χ0) is 13.1. The Hall–Kier alpha value is -1.11. The molecule has 0 N–H and O–H groups in total. The van der Waals surface area contributed by atoms with E-state index in [0.717, 1.165) is 3.57 Å². The summed E-state index contributed by atoms with van der Waals surface area (Å²) >= 11 is 2.22. The van der Waals surface area contributed by atoms with Crippen LogP contribution in [0, 0.1) is 3.57 Å². The highest BCUT2D eigenvalue weighted by atomic mass is 127. The molecule has 0 radical (unpaired) electrons. The molecule has 4 nitrogen and oxygen atoms in total. The Kier molecular flexibility index (Phi) is 4.21. The van der Waals surface area contributed by atoms with Crippen LogP contribution in [0.25, 0.3) is 0 Å². The molecule has 0 saturated carbocycles. The topological polar surface area (TPSA) is 40.6 Å². The molecule has 1 saturated heterocycles. The molecule has 18 heavy (non-hydrogen) atoms. The third-order valence-electron chi connectivity index (χ3n) is 3.10. The zero-order valence-corrected chi connectivity index (χ0v) is 12.4. The van der Waals surface area contributed by atoms with Crippen LogP contribution in [-0.4, -0.2) is 47.8 Å². The van der Waals surface area contributed by atoms with Gasteiger partial charge in [-0.15, -0.1) is 0 Å². The van der Waals surface area contributed by atoms with Gasteiger partial charge in [0.15, 0.2) is 0 Å². The number of hydrogen-bond acceptors (Lipinski definition) is 2. The SMILES string of the molecule is CC(=O)N1CCN(C(=O)c2ccc(I)cc2)CC1. The lowest BCUT2D eigenvalue weighted by Crippen LogP contribution is -2.50. The van der Waals surface area contributed by atoms with Crippen molar-refractivity contribution in [2.75, 3.05) is 26.2 Å². The molecule has 1 aliphatic heterocycles. The minimum Gasteiger partial charge on any atom is -0.339 e. The van der Waals surface area contributed by atoms with Gasteiger partial charge in [-0.2, -0.15) is 0 Å². The predicted octanol–water partition coefficient (Wildman–Crippen LogP) is 1.60. The minimum absolute atomic E-state index is 0.0506. The summed E-state index contributed by atoms with van der Waals surface area (Å²) in [7, 11) is 0. The second-order valence-corrected chi connectivity index (χ2v) is 5.55. The van der Waals surface area contributed by atoms with Crippen LogP contribution >= 0.6 is 22.6 Å². The fraction of sp³-hybridized carbons (Fsp3) is 0.385. The van der Waals surface area contributed by atoms with Gasteiger partial charge < -0.3 is 9.80 Å². The monoisotopic (exact) mass is 358 g/mol. The molecular formula is C13H15IN2O2. The van der Waals surface area contributed by atoms with Gasteiger partial charge in [-0.1, -0.05) is 0 Å². The molecule has 0 aromatic heterocycles. The number of benzene rings is 1. The van der Waals surface area contributed by atoms with Crippen molar-refractivity contribution < 1.29 is 9.59 Å². The molecule has 2 rings (SSSR count). The van der Waals surface area contributed by atoms with Crippen molar-refractivity contribution in [2.45, 2.75) is 6.92 Å². The van der Waals surface area contributed by atoms with Crippen LogP contribution in [0.3, 0.4) is 0 Å². The lowest BCUT2D eigenvalue weighted by molar-refractivity contribution is -0.130. The van der Waals surface area contributed by atoms with Gasteiger partial charge in [0.25, 0.3) is 5.91 Å². The molecule has 5 heteroatoms. The first-order valence-electron chi connectivity index (χ1n) is 5.88. The summed E-state index contributed by atoms with van der Waals surface area (Å²) in [5, 5.41) is 0. The fourth-order valence-corrected chi connectivity index (χ4v) is 2.36. The summed E-state index contributed by atoms with van der Waals surface area (Å²) in [6, 6.07) is 7.56. The van der Waals surface area contributed by atoms with Crippen LogP contribution in [0.4, 0.5) is 0 Å². The Morgan fingerprint density at radius 3 is 2.00 bits per heavy atom. The number of amides is 2. The molecule has 2 amide bonds. The summed E-state index contributed by atoms with van der Waals surface area (Å²) in [5.74, 6) is 0.131. The van der Waals surface area contributed by atoms with E-state index in [1.54, 1.807) is 11.8 Å². The molecule has 1 fully saturated rings.